The van der Waals surface area contributed by atoms with Gasteiger partial charge in [-0.1, -0.05) is 30.3 Å². The maximum atomic E-state index is 12.1. The average molecular weight is 296 g/mol. The third kappa shape index (κ3) is 3.61. The van der Waals surface area contributed by atoms with Gasteiger partial charge in [-0.2, -0.15) is 0 Å². The molecule has 19 heavy (non-hydrogen) atoms. The Bertz CT molecular complexity index is 522. The van der Waals surface area contributed by atoms with Crippen molar-refractivity contribution in [2.24, 2.45) is 0 Å². The van der Waals surface area contributed by atoms with Crippen LogP contribution in [0, 0.1) is 0 Å². The smallest absolute Gasteiger partial charge is 0.352 e. The zero-order valence-electron chi connectivity index (χ0n) is 11.0. The minimum absolute atomic E-state index is 0.0641. The Morgan fingerprint density at radius 2 is 2.37 bits per heavy atom. The molecule has 0 saturated carbocycles. The molecule has 0 saturated heterocycles. The summed E-state index contributed by atoms with van der Waals surface area (Å²) in [6.45, 7) is 4.05. The Hall–Kier alpha value is -1.27. The summed E-state index contributed by atoms with van der Waals surface area (Å²) in [4.78, 5) is 13.5. The molecule has 0 N–H and O–H groups in total. The molecule has 0 amide bonds. The SMILES string of the molecule is CCCC[C@@H](C)OC(=O)c1snnc1-c1cccs1. The van der Waals surface area contributed by atoms with Gasteiger partial charge in [-0.3, -0.25) is 0 Å². The van der Waals surface area contributed by atoms with Crippen LogP contribution in [0.5, 0.6) is 0 Å². The van der Waals surface area contributed by atoms with Crippen molar-refractivity contribution in [3.05, 3.63) is 22.4 Å². The summed E-state index contributed by atoms with van der Waals surface area (Å²) in [5.74, 6) is -0.318. The Morgan fingerprint density at radius 3 is 3.05 bits per heavy atom. The van der Waals surface area contributed by atoms with Crippen LogP contribution in [0.25, 0.3) is 10.6 Å². The molecule has 0 fully saturated rings. The molecule has 0 bridgehead atoms. The molecule has 4 nitrogen and oxygen atoms in total. The van der Waals surface area contributed by atoms with Crippen LogP contribution in [0.1, 0.15) is 42.8 Å². The summed E-state index contributed by atoms with van der Waals surface area (Å²) < 4.78 is 9.30. The topological polar surface area (TPSA) is 52.1 Å². The van der Waals surface area contributed by atoms with Crippen LogP contribution < -0.4 is 0 Å². The van der Waals surface area contributed by atoms with Crippen LogP contribution in [0.15, 0.2) is 17.5 Å². The van der Waals surface area contributed by atoms with Gasteiger partial charge in [0.2, 0.25) is 0 Å². The Labute approximate surface area is 120 Å². The molecule has 0 aliphatic rings. The van der Waals surface area contributed by atoms with E-state index in [0.717, 1.165) is 35.7 Å². The molecular formula is C13H16N2O2S2. The second kappa shape index (κ2) is 6.77. The van der Waals surface area contributed by atoms with E-state index < -0.39 is 0 Å². The van der Waals surface area contributed by atoms with Crippen LogP contribution >= 0.6 is 22.9 Å². The Kier molecular flexibility index (Phi) is 5.04. The number of rotatable bonds is 6. The lowest BCUT2D eigenvalue weighted by Gasteiger charge is -2.11. The van der Waals surface area contributed by atoms with Crippen molar-refractivity contribution >= 4 is 28.8 Å². The summed E-state index contributed by atoms with van der Waals surface area (Å²) in [5.41, 5.74) is 0.632. The van der Waals surface area contributed by atoms with Gasteiger partial charge in [-0.25, -0.2) is 4.79 Å². The number of nitrogens with zero attached hydrogens (tertiary/aromatic N) is 2. The molecule has 0 aliphatic heterocycles. The van der Waals surface area contributed by atoms with Crippen LogP contribution in [0.2, 0.25) is 0 Å². The van der Waals surface area contributed by atoms with E-state index >= 15 is 0 Å². The molecule has 0 aromatic carbocycles. The van der Waals surface area contributed by atoms with Crippen LogP contribution in [-0.4, -0.2) is 21.7 Å². The van der Waals surface area contributed by atoms with Crippen LogP contribution in [0.4, 0.5) is 0 Å². The molecule has 1 atom stereocenters. The van der Waals surface area contributed by atoms with Gasteiger partial charge in [0, 0.05) is 0 Å². The molecule has 2 rings (SSSR count). The highest BCUT2D eigenvalue weighted by Crippen LogP contribution is 2.28. The first kappa shape index (κ1) is 14.1. The summed E-state index contributed by atoms with van der Waals surface area (Å²) in [6, 6.07) is 3.86. The predicted octanol–water partition coefficient (Wildman–Crippen LogP) is 4.00. The van der Waals surface area contributed by atoms with E-state index in [1.165, 1.54) is 0 Å². The Balaban J connectivity index is 2.06. The lowest BCUT2D eigenvalue weighted by Crippen LogP contribution is -2.14. The number of carbonyl (C=O) groups excluding carboxylic acids is 1. The molecule has 0 spiro atoms. The van der Waals surface area contributed by atoms with Crippen molar-refractivity contribution < 1.29 is 9.53 Å². The molecule has 2 aromatic heterocycles. The fraction of sp³-hybridized carbons (Fsp3) is 0.462. The highest BCUT2D eigenvalue weighted by atomic mass is 32.1. The Morgan fingerprint density at radius 1 is 1.53 bits per heavy atom. The summed E-state index contributed by atoms with van der Waals surface area (Å²) in [7, 11) is 0. The average Bonchev–Trinajstić information content (AvgIpc) is 3.05. The number of carbonyl (C=O) groups is 1. The summed E-state index contributed by atoms with van der Waals surface area (Å²) in [6.07, 6.45) is 2.99. The van der Waals surface area contributed by atoms with Crippen molar-refractivity contribution in [3.8, 4) is 10.6 Å². The number of esters is 1. The maximum Gasteiger partial charge on any atom is 0.352 e. The summed E-state index contributed by atoms with van der Waals surface area (Å²) in [5, 5.41) is 5.98. The number of unbranched alkanes of at least 4 members (excludes halogenated alkanes) is 1. The minimum Gasteiger partial charge on any atom is -0.458 e. The summed E-state index contributed by atoms with van der Waals surface area (Å²) >= 11 is 2.63. The molecule has 2 heterocycles. The third-order valence-corrected chi connectivity index (χ3v) is 4.28. The predicted molar refractivity (Wildman–Crippen MR) is 77.6 cm³/mol. The zero-order valence-corrected chi connectivity index (χ0v) is 12.6. The van der Waals surface area contributed by atoms with E-state index in [-0.39, 0.29) is 12.1 Å². The second-order valence-electron chi connectivity index (χ2n) is 4.29. The molecular weight excluding hydrogens is 280 g/mol. The molecule has 0 radical (unpaired) electrons. The number of ether oxygens (including phenoxy) is 1. The third-order valence-electron chi connectivity index (χ3n) is 2.70. The van der Waals surface area contributed by atoms with E-state index in [0.29, 0.717) is 10.6 Å². The van der Waals surface area contributed by atoms with Gasteiger partial charge in [0.05, 0.1) is 11.0 Å². The quantitative estimate of drug-likeness (QED) is 0.756. The number of hydrogen-bond donors (Lipinski definition) is 0. The highest BCUT2D eigenvalue weighted by Gasteiger charge is 2.21. The van der Waals surface area contributed by atoms with Gasteiger partial charge in [-0.15, -0.1) is 16.4 Å². The fourth-order valence-electron chi connectivity index (χ4n) is 1.69. The van der Waals surface area contributed by atoms with E-state index in [2.05, 4.69) is 16.5 Å². The minimum atomic E-state index is -0.318. The van der Waals surface area contributed by atoms with Gasteiger partial charge in [0.1, 0.15) is 5.69 Å². The van der Waals surface area contributed by atoms with E-state index in [1.54, 1.807) is 11.3 Å². The van der Waals surface area contributed by atoms with Crippen molar-refractivity contribution in [3.63, 3.8) is 0 Å². The normalized spacial score (nSPS) is 12.3. The first-order valence-corrected chi connectivity index (χ1v) is 7.95. The number of hydrogen-bond acceptors (Lipinski definition) is 6. The van der Waals surface area contributed by atoms with Crippen molar-refractivity contribution in [1.82, 2.24) is 9.59 Å². The number of aromatic nitrogens is 2. The van der Waals surface area contributed by atoms with Crippen molar-refractivity contribution in [2.75, 3.05) is 0 Å². The number of thiophene rings is 1. The van der Waals surface area contributed by atoms with E-state index in [4.69, 9.17) is 4.74 Å². The van der Waals surface area contributed by atoms with E-state index in [9.17, 15) is 4.79 Å². The van der Waals surface area contributed by atoms with Crippen LogP contribution in [0.3, 0.4) is 0 Å². The van der Waals surface area contributed by atoms with Crippen LogP contribution in [-0.2, 0) is 4.74 Å². The lowest BCUT2D eigenvalue weighted by molar-refractivity contribution is 0.0327. The second-order valence-corrected chi connectivity index (χ2v) is 5.99. The van der Waals surface area contributed by atoms with Crippen molar-refractivity contribution in [1.29, 1.82) is 0 Å². The lowest BCUT2D eigenvalue weighted by atomic mass is 10.2. The molecule has 6 heteroatoms. The van der Waals surface area contributed by atoms with Crippen molar-refractivity contribution in [2.45, 2.75) is 39.2 Å². The molecule has 0 unspecified atom stereocenters. The highest BCUT2D eigenvalue weighted by molar-refractivity contribution is 7.14. The van der Waals surface area contributed by atoms with Gasteiger partial charge in [-0.05, 0) is 36.3 Å². The van der Waals surface area contributed by atoms with Gasteiger partial charge < -0.3 is 4.74 Å². The standard InChI is InChI=1S/C13H16N2O2S2/c1-3-4-6-9(2)17-13(16)12-11(14-15-19-12)10-7-5-8-18-10/h5,7-9H,3-4,6H2,1-2H3/t9-/m1/s1. The van der Waals surface area contributed by atoms with Gasteiger partial charge in [0.25, 0.3) is 0 Å². The molecule has 0 aliphatic carbocycles. The first-order chi connectivity index (χ1) is 9.22. The fourth-order valence-corrected chi connectivity index (χ4v) is 3.03. The maximum absolute atomic E-state index is 12.1. The molecule has 102 valence electrons. The van der Waals surface area contributed by atoms with Gasteiger partial charge >= 0.3 is 5.97 Å². The zero-order chi connectivity index (χ0) is 13.7. The first-order valence-electron chi connectivity index (χ1n) is 6.29. The van der Waals surface area contributed by atoms with Gasteiger partial charge in [0.15, 0.2) is 4.88 Å². The molecule has 2 aromatic rings. The van der Waals surface area contributed by atoms with E-state index in [1.807, 2.05) is 24.4 Å². The largest absolute Gasteiger partial charge is 0.458 e. The monoisotopic (exact) mass is 296 g/mol.